The Kier molecular flexibility index (Phi) is 8.99. The molecule has 3 fully saturated rings. The Labute approximate surface area is 188 Å². The van der Waals surface area contributed by atoms with E-state index in [1.54, 1.807) is 19.0 Å². The molecule has 0 bridgehead atoms. The van der Waals surface area contributed by atoms with Crippen molar-refractivity contribution in [2.45, 2.75) is 57.9 Å². The second-order valence-corrected chi connectivity index (χ2v) is 9.54. The lowest BCUT2D eigenvalue weighted by molar-refractivity contribution is -0.135. The zero-order chi connectivity index (χ0) is 22.2. The van der Waals surface area contributed by atoms with Crippen LogP contribution in [0.3, 0.4) is 0 Å². The van der Waals surface area contributed by atoms with Crippen LogP contribution in [-0.2, 0) is 9.59 Å². The van der Waals surface area contributed by atoms with E-state index in [4.69, 9.17) is 0 Å². The van der Waals surface area contributed by atoms with Gasteiger partial charge in [0.2, 0.25) is 11.8 Å². The van der Waals surface area contributed by atoms with Crippen molar-refractivity contribution in [1.82, 2.24) is 24.9 Å². The van der Waals surface area contributed by atoms with Gasteiger partial charge in [0.15, 0.2) is 5.96 Å². The van der Waals surface area contributed by atoms with Gasteiger partial charge in [-0.2, -0.15) is 0 Å². The van der Waals surface area contributed by atoms with E-state index in [0.717, 1.165) is 64.6 Å². The van der Waals surface area contributed by atoms with Gasteiger partial charge in [0.1, 0.15) is 6.54 Å². The number of nitrogens with one attached hydrogen (secondary N) is 1. The number of hydrogen-bond acceptors (Lipinski definition) is 4. The monoisotopic (exact) mass is 434 g/mol. The number of amides is 2. The zero-order valence-electron chi connectivity index (χ0n) is 19.8. The van der Waals surface area contributed by atoms with E-state index < -0.39 is 0 Å². The van der Waals surface area contributed by atoms with Crippen LogP contribution < -0.4 is 5.32 Å². The number of piperazine rings is 1. The van der Waals surface area contributed by atoms with Crippen LogP contribution in [0, 0.1) is 5.92 Å². The van der Waals surface area contributed by atoms with Crippen LogP contribution in [0.1, 0.15) is 51.9 Å². The van der Waals surface area contributed by atoms with Gasteiger partial charge in [-0.25, -0.2) is 4.99 Å². The molecule has 8 nitrogen and oxygen atoms in total. The van der Waals surface area contributed by atoms with Crippen molar-refractivity contribution in [2.24, 2.45) is 10.9 Å². The topological polar surface area (TPSA) is 71.5 Å². The predicted molar refractivity (Wildman–Crippen MR) is 124 cm³/mol. The van der Waals surface area contributed by atoms with Gasteiger partial charge in [0.05, 0.1) is 6.04 Å². The smallest absolute Gasteiger partial charge is 0.243 e. The van der Waals surface area contributed by atoms with E-state index in [9.17, 15) is 9.59 Å². The largest absolute Gasteiger partial charge is 0.356 e. The lowest BCUT2D eigenvalue weighted by atomic mass is 9.89. The molecule has 0 aromatic heterocycles. The molecule has 8 heteroatoms. The first-order valence-electron chi connectivity index (χ1n) is 12.2. The maximum absolute atomic E-state index is 12.8. The fraction of sp³-hybridized carbons (Fsp3) is 0.870. The first-order valence-corrected chi connectivity index (χ1v) is 12.2. The van der Waals surface area contributed by atoms with Crippen LogP contribution >= 0.6 is 0 Å². The fourth-order valence-electron chi connectivity index (χ4n) is 4.86. The Balaban J connectivity index is 1.55. The number of likely N-dealkylation sites (tertiary alicyclic amines) is 1. The van der Waals surface area contributed by atoms with Crippen molar-refractivity contribution in [1.29, 1.82) is 0 Å². The highest BCUT2D eigenvalue weighted by Crippen LogP contribution is 2.23. The van der Waals surface area contributed by atoms with E-state index >= 15 is 0 Å². The molecule has 176 valence electrons. The fourth-order valence-corrected chi connectivity index (χ4v) is 4.86. The van der Waals surface area contributed by atoms with Gasteiger partial charge in [0.25, 0.3) is 0 Å². The van der Waals surface area contributed by atoms with Gasteiger partial charge < -0.3 is 20.0 Å². The standard InChI is InChI=1S/C23H42N6O2/c1-19(22(31)28-11-7-8-12-28)27-13-15-29(16-14-27)23(25-18-21(30)26(2)3)24-17-20-9-5-4-6-10-20/h19-20H,4-18H2,1-3H3,(H,24,25). The SMILES string of the molecule is CC(C(=O)N1CCCC1)N1CCN(C(=NCC(=O)N(C)C)NCC2CCCCC2)CC1. The average molecular weight is 435 g/mol. The second-order valence-electron chi connectivity index (χ2n) is 9.54. The number of carbonyl (C=O) groups is 2. The molecule has 1 unspecified atom stereocenters. The molecule has 31 heavy (non-hydrogen) atoms. The zero-order valence-corrected chi connectivity index (χ0v) is 19.8. The lowest BCUT2D eigenvalue weighted by Gasteiger charge is -2.40. The highest BCUT2D eigenvalue weighted by molar-refractivity contribution is 5.85. The minimum absolute atomic E-state index is 0.0143. The first-order chi connectivity index (χ1) is 15.0. The summed E-state index contributed by atoms with van der Waals surface area (Å²) < 4.78 is 0. The maximum atomic E-state index is 12.8. The number of nitrogens with zero attached hydrogens (tertiary/aromatic N) is 5. The minimum atomic E-state index is -0.0637. The number of rotatable bonds is 6. The van der Waals surface area contributed by atoms with Crippen LogP contribution in [0.4, 0.5) is 0 Å². The van der Waals surface area contributed by atoms with Gasteiger partial charge >= 0.3 is 0 Å². The van der Waals surface area contributed by atoms with Crippen LogP contribution in [0.5, 0.6) is 0 Å². The third kappa shape index (κ3) is 6.82. The molecular weight excluding hydrogens is 392 g/mol. The Morgan fingerprint density at radius 2 is 1.58 bits per heavy atom. The lowest BCUT2D eigenvalue weighted by Crippen LogP contribution is -2.57. The Morgan fingerprint density at radius 1 is 0.935 bits per heavy atom. The molecule has 3 aliphatic rings. The summed E-state index contributed by atoms with van der Waals surface area (Å²) in [6.45, 7) is 8.29. The van der Waals surface area contributed by atoms with Crippen molar-refractivity contribution < 1.29 is 9.59 Å². The van der Waals surface area contributed by atoms with Gasteiger partial charge in [-0.1, -0.05) is 19.3 Å². The quantitative estimate of drug-likeness (QED) is 0.503. The molecule has 2 saturated heterocycles. The molecule has 1 aliphatic carbocycles. The van der Waals surface area contributed by atoms with Crippen LogP contribution in [0.15, 0.2) is 4.99 Å². The minimum Gasteiger partial charge on any atom is -0.356 e. The number of hydrogen-bond donors (Lipinski definition) is 1. The summed E-state index contributed by atoms with van der Waals surface area (Å²) in [4.78, 5) is 37.7. The molecule has 1 saturated carbocycles. The van der Waals surface area contributed by atoms with E-state index in [1.807, 2.05) is 11.8 Å². The number of carbonyl (C=O) groups excluding carboxylic acids is 2. The molecule has 0 aromatic carbocycles. The summed E-state index contributed by atoms with van der Waals surface area (Å²) in [5.74, 6) is 1.83. The molecule has 0 radical (unpaired) electrons. The highest BCUT2D eigenvalue weighted by atomic mass is 16.2. The van der Waals surface area contributed by atoms with Crippen molar-refractivity contribution in [3.05, 3.63) is 0 Å². The first kappa shape index (κ1) is 23.8. The predicted octanol–water partition coefficient (Wildman–Crippen LogP) is 1.23. The third-order valence-electron chi connectivity index (χ3n) is 7.07. The van der Waals surface area contributed by atoms with Crippen LogP contribution in [0.2, 0.25) is 0 Å². The van der Waals surface area contributed by atoms with Crippen molar-refractivity contribution in [2.75, 3.05) is 66.5 Å². The summed E-state index contributed by atoms with van der Waals surface area (Å²) in [6.07, 6.45) is 8.81. The van der Waals surface area contributed by atoms with Crippen molar-refractivity contribution in [3.8, 4) is 0 Å². The second kappa shape index (κ2) is 11.7. The van der Waals surface area contributed by atoms with E-state index in [1.165, 1.54) is 32.1 Å². The number of guanidine groups is 1. The van der Waals surface area contributed by atoms with Crippen molar-refractivity contribution >= 4 is 17.8 Å². The van der Waals surface area contributed by atoms with Gasteiger partial charge in [0, 0.05) is 59.9 Å². The molecule has 3 rings (SSSR count). The average Bonchev–Trinajstić information content (AvgIpc) is 3.34. The number of likely N-dealkylation sites (N-methyl/N-ethyl adjacent to an activating group) is 1. The van der Waals surface area contributed by atoms with Gasteiger partial charge in [-0.15, -0.1) is 0 Å². The summed E-state index contributed by atoms with van der Waals surface area (Å²) >= 11 is 0. The number of aliphatic imine (C=N–C) groups is 1. The Hall–Kier alpha value is -1.83. The van der Waals surface area contributed by atoms with Crippen molar-refractivity contribution in [3.63, 3.8) is 0 Å². The maximum Gasteiger partial charge on any atom is 0.243 e. The summed E-state index contributed by atoms with van der Waals surface area (Å²) in [6, 6.07) is -0.0637. The third-order valence-corrected chi connectivity index (χ3v) is 7.07. The van der Waals surface area contributed by atoms with Crippen LogP contribution in [-0.4, -0.2) is 110 Å². The Bertz CT molecular complexity index is 618. The molecule has 1 N–H and O–H groups in total. The summed E-state index contributed by atoms with van der Waals surface area (Å²) in [5, 5.41) is 3.58. The summed E-state index contributed by atoms with van der Waals surface area (Å²) in [5.41, 5.74) is 0. The van der Waals surface area contributed by atoms with E-state index in [0.29, 0.717) is 5.92 Å². The highest BCUT2D eigenvalue weighted by Gasteiger charge is 2.30. The normalized spacial score (nSPS) is 22.5. The molecular formula is C23H42N6O2. The van der Waals surface area contributed by atoms with Gasteiger partial charge in [-0.05, 0) is 38.5 Å². The molecule has 2 aliphatic heterocycles. The van der Waals surface area contributed by atoms with Crippen LogP contribution in [0.25, 0.3) is 0 Å². The molecule has 2 heterocycles. The molecule has 0 aromatic rings. The van der Waals surface area contributed by atoms with E-state index in [-0.39, 0.29) is 24.4 Å². The molecule has 0 spiro atoms. The summed E-state index contributed by atoms with van der Waals surface area (Å²) in [7, 11) is 3.54. The molecule has 1 atom stereocenters. The van der Waals surface area contributed by atoms with E-state index in [2.05, 4.69) is 20.1 Å². The van der Waals surface area contributed by atoms with Gasteiger partial charge in [-0.3, -0.25) is 14.5 Å². The Morgan fingerprint density at radius 3 is 2.19 bits per heavy atom. The molecule has 2 amide bonds.